The molecule has 0 saturated heterocycles. The minimum absolute atomic E-state index is 0.300. The van der Waals surface area contributed by atoms with Crippen LogP contribution < -0.4 is 10.0 Å². The summed E-state index contributed by atoms with van der Waals surface area (Å²) in [5, 5.41) is 3.45. The largest absolute Gasteiger partial charge is 0.349 e. The van der Waals surface area contributed by atoms with Crippen LogP contribution in [0.2, 0.25) is 0 Å². The molecule has 120 valence electrons. The van der Waals surface area contributed by atoms with Crippen LogP contribution in [0.15, 0.2) is 17.2 Å². The molecule has 2 N–H and O–H groups in total. The zero-order valence-electron chi connectivity index (χ0n) is 13.2. The molecule has 6 heteroatoms. The van der Waals surface area contributed by atoms with Crippen molar-refractivity contribution in [3.8, 4) is 0 Å². The first-order valence-electron chi connectivity index (χ1n) is 7.84. The number of hydrogen-bond donors (Lipinski definition) is 2. The summed E-state index contributed by atoms with van der Waals surface area (Å²) in [6.45, 7) is 8.15. The summed E-state index contributed by atoms with van der Waals surface area (Å²) in [7, 11) is -3.40. The first-order chi connectivity index (χ1) is 9.92. The van der Waals surface area contributed by atoms with Crippen LogP contribution in [0.3, 0.4) is 0 Å². The molecule has 1 aliphatic carbocycles. The standard InChI is InChI=1S/C15H27N3O2S/c1-4-7-18-11-15(21(19,20)17-9-12(2)3)8-14(18)10-16-13-5-6-13/h8,11-13,16-17H,4-7,9-10H2,1-3H3. The van der Waals surface area contributed by atoms with E-state index in [1.165, 1.54) is 12.8 Å². The van der Waals surface area contributed by atoms with E-state index in [1.807, 2.05) is 13.8 Å². The van der Waals surface area contributed by atoms with E-state index in [2.05, 4.69) is 21.5 Å². The zero-order chi connectivity index (χ0) is 15.5. The van der Waals surface area contributed by atoms with Gasteiger partial charge in [0.1, 0.15) is 0 Å². The van der Waals surface area contributed by atoms with Crippen LogP contribution in [0.1, 0.15) is 45.7 Å². The Bertz CT molecular complexity index is 559. The zero-order valence-corrected chi connectivity index (χ0v) is 14.0. The fraction of sp³-hybridized carbons (Fsp3) is 0.733. The number of aryl methyl sites for hydroxylation is 1. The average molecular weight is 313 g/mol. The van der Waals surface area contributed by atoms with Crippen LogP contribution in [0.5, 0.6) is 0 Å². The van der Waals surface area contributed by atoms with Crippen molar-refractivity contribution in [2.75, 3.05) is 6.54 Å². The fourth-order valence-corrected chi connectivity index (χ4v) is 3.44. The van der Waals surface area contributed by atoms with E-state index in [9.17, 15) is 8.42 Å². The van der Waals surface area contributed by atoms with E-state index < -0.39 is 10.0 Å². The van der Waals surface area contributed by atoms with Crippen LogP contribution in [-0.2, 0) is 23.1 Å². The SMILES string of the molecule is CCCn1cc(S(=O)(=O)NCC(C)C)cc1CNC1CC1. The lowest BCUT2D eigenvalue weighted by Gasteiger charge is -2.08. The van der Waals surface area contributed by atoms with E-state index in [0.29, 0.717) is 23.4 Å². The third kappa shape index (κ3) is 4.83. The first-order valence-corrected chi connectivity index (χ1v) is 9.32. The summed E-state index contributed by atoms with van der Waals surface area (Å²) < 4.78 is 29.4. The Hall–Kier alpha value is -0.850. The molecule has 0 bridgehead atoms. The molecule has 0 aromatic carbocycles. The van der Waals surface area contributed by atoms with Gasteiger partial charge in [-0.2, -0.15) is 0 Å². The van der Waals surface area contributed by atoms with Gasteiger partial charge in [-0.25, -0.2) is 13.1 Å². The smallest absolute Gasteiger partial charge is 0.242 e. The van der Waals surface area contributed by atoms with Crippen molar-refractivity contribution in [2.24, 2.45) is 5.92 Å². The van der Waals surface area contributed by atoms with E-state index in [-0.39, 0.29) is 0 Å². The van der Waals surface area contributed by atoms with E-state index >= 15 is 0 Å². The van der Waals surface area contributed by atoms with E-state index in [1.54, 1.807) is 12.3 Å². The Morgan fingerprint density at radius 2 is 2.10 bits per heavy atom. The Kier molecular flexibility index (Phi) is 5.46. The molecule has 0 spiro atoms. The van der Waals surface area contributed by atoms with Gasteiger partial charge in [0.25, 0.3) is 0 Å². The first kappa shape index (κ1) is 16.5. The summed E-state index contributed by atoms with van der Waals surface area (Å²) in [6.07, 6.45) is 5.21. The van der Waals surface area contributed by atoms with Crippen molar-refractivity contribution in [1.29, 1.82) is 0 Å². The molecule has 0 radical (unpaired) electrons. The molecule has 1 aliphatic rings. The molecule has 0 unspecified atom stereocenters. The molecule has 21 heavy (non-hydrogen) atoms. The molecular formula is C15H27N3O2S. The molecule has 1 aromatic rings. The maximum atomic E-state index is 12.3. The van der Waals surface area contributed by atoms with Gasteiger partial charge in [-0.1, -0.05) is 20.8 Å². The van der Waals surface area contributed by atoms with Gasteiger partial charge in [-0.05, 0) is 31.2 Å². The van der Waals surface area contributed by atoms with Crippen LogP contribution in [0.4, 0.5) is 0 Å². The van der Waals surface area contributed by atoms with Gasteiger partial charge in [0.2, 0.25) is 10.0 Å². The second-order valence-corrected chi connectivity index (χ2v) is 8.03. The third-order valence-corrected chi connectivity index (χ3v) is 4.96. The van der Waals surface area contributed by atoms with Gasteiger partial charge in [0, 0.05) is 37.6 Å². The van der Waals surface area contributed by atoms with Gasteiger partial charge in [-0.15, -0.1) is 0 Å². The highest BCUT2D eigenvalue weighted by Gasteiger charge is 2.22. The number of nitrogens with zero attached hydrogens (tertiary/aromatic N) is 1. The highest BCUT2D eigenvalue weighted by molar-refractivity contribution is 7.89. The molecule has 1 saturated carbocycles. The predicted molar refractivity (Wildman–Crippen MR) is 84.6 cm³/mol. The molecule has 0 amide bonds. The van der Waals surface area contributed by atoms with Gasteiger partial charge in [0.15, 0.2) is 0 Å². The number of sulfonamides is 1. The second-order valence-electron chi connectivity index (χ2n) is 6.26. The summed E-state index contributed by atoms with van der Waals surface area (Å²) in [6, 6.07) is 2.42. The molecule has 1 aromatic heterocycles. The van der Waals surface area contributed by atoms with Crippen molar-refractivity contribution >= 4 is 10.0 Å². The third-order valence-electron chi connectivity index (χ3n) is 3.57. The van der Waals surface area contributed by atoms with Crippen molar-refractivity contribution in [1.82, 2.24) is 14.6 Å². The van der Waals surface area contributed by atoms with Crippen molar-refractivity contribution in [3.63, 3.8) is 0 Å². The maximum absolute atomic E-state index is 12.3. The minimum Gasteiger partial charge on any atom is -0.349 e. The van der Waals surface area contributed by atoms with Gasteiger partial charge in [-0.3, -0.25) is 0 Å². The summed E-state index contributed by atoms with van der Waals surface area (Å²) in [4.78, 5) is 0.379. The van der Waals surface area contributed by atoms with Crippen LogP contribution in [0, 0.1) is 5.92 Å². The Morgan fingerprint density at radius 1 is 1.38 bits per heavy atom. The number of rotatable bonds is 9. The molecule has 1 fully saturated rings. The maximum Gasteiger partial charge on any atom is 0.242 e. The average Bonchev–Trinajstić information content (AvgIpc) is 3.16. The Balaban J connectivity index is 2.12. The van der Waals surface area contributed by atoms with Crippen molar-refractivity contribution in [3.05, 3.63) is 18.0 Å². The lowest BCUT2D eigenvalue weighted by molar-refractivity contribution is 0.559. The summed E-state index contributed by atoms with van der Waals surface area (Å²) >= 11 is 0. The lowest BCUT2D eigenvalue weighted by Crippen LogP contribution is -2.27. The normalized spacial score (nSPS) is 15.8. The number of aromatic nitrogens is 1. The summed E-state index contributed by atoms with van der Waals surface area (Å²) in [5.41, 5.74) is 1.05. The molecule has 1 heterocycles. The Labute approximate surface area is 128 Å². The monoisotopic (exact) mass is 313 g/mol. The number of hydrogen-bond acceptors (Lipinski definition) is 3. The van der Waals surface area contributed by atoms with E-state index in [0.717, 1.165) is 25.2 Å². The second kappa shape index (κ2) is 6.94. The van der Waals surface area contributed by atoms with Gasteiger partial charge in [0.05, 0.1) is 4.90 Å². The number of nitrogens with one attached hydrogen (secondary N) is 2. The lowest BCUT2D eigenvalue weighted by atomic mass is 10.2. The van der Waals surface area contributed by atoms with Gasteiger partial charge < -0.3 is 9.88 Å². The fourth-order valence-electron chi connectivity index (χ4n) is 2.17. The molecule has 0 atom stereocenters. The topological polar surface area (TPSA) is 63.1 Å². The highest BCUT2D eigenvalue weighted by Crippen LogP contribution is 2.21. The quantitative estimate of drug-likeness (QED) is 0.734. The predicted octanol–water partition coefficient (Wildman–Crippen LogP) is 2.08. The summed E-state index contributed by atoms with van der Waals surface area (Å²) in [5.74, 6) is 0.300. The Morgan fingerprint density at radius 3 is 2.67 bits per heavy atom. The van der Waals surface area contributed by atoms with Crippen molar-refractivity contribution in [2.45, 2.75) is 64.1 Å². The van der Waals surface area contributed by atoms with E-state index in [4.69, 9.17) is 0 Å². The highest BCUT2D eigenvalue weighted by atomic mass is 32.2. The molecule has 5 nitrogen and oxygen atoms in total. The van der Waals surface area contributed by atoms with Crippen molar-refractivity contribution < 1.29 is 8.42 Å². The minimum atomic E-state index is -3.40. The molecule has 2 rings (SSSR count). The van der Waals surface area contributed by atoms with Crippen LogP contribution in [-0.4, -0.2) is 25.6 Å². The van der Waals surface area contributed by atoms with Crippen LogP contribution >= 0.6 is 0 Å². The molecular weight excluding hydrogens is 286 g/mol. The molecule has 0 aliphatic heterocycles. The van der Waals surface area contributed by atoms with Gasteiger partial charge >= 0.3 is 0 Å². The van der Waals surface area contributed by atoms with Crippen LogP contribution in [0.25, 0.3) is 0 Å².